The fourth-order valence-electron chi connectivity index (χ4n) is 1.07. The van der Waals surface area contributed by atoms with Crippen LogP contribution in [0.25, 0.3) is 0 Å². The van der Waals surface area contributed by atoms with E-state index in [1.807, 2.05) is 6.07 Å². The molecule has 0 bridgehead atoms. The Labute approximate surface area is 94.2 Å². The summed E-state index contributed by atoms with van der Waals surface area (Å²) in [7, 11) is 0. The molecule has 0 saturated heterocycles. The summed E-state index contributed by atoms with van der Waals surface area (Å²) in [6, 6.07) is 5.27. The normalized spacial score (nSPS) is 9.19. The van der Waals surface area contributed by atoms with E-state index in [1.54, 1.807) is 12.1 Å². The average Bonchev–Trinajstić information content (AvgIpc) is 2.35. The number of aromatic nitrogens is 1. The van der Waals surface area contributed by atoms with Crippen molar-refractivity contribution in [3.63, 3.8) is 0 Å². The van der Waals surface area contributed by atoms with Crippen molar-refractivity contribution < 1.29 is 9.53 Å². The van der Waals surface area contributed by atoms with Gasteiger partial charge in [-0.2, -0.15) is 5.26 Å². The Hall–Kier alpha value is -2.15. The number of allylic oxidation sites excluding steroid dienone is 1. The molecule has 1 heterocycles. The number of hydrogen-bond donors (Lipinski definition) is 0. The van der Waals surface area contributed by atoms with E-state index < -0.39 is 0 Å². The molecule has 0 aromatic carbocycles. The van der Waals surface area contributed by atoms with Crippen molar-refractivity contribution in [3.8, 4) is 11.9 Å². The molecule has 1 aromatic rings. The number of rotatable bonds is 6. The topological polar surface area (TPSA) is 63.0 Å². The second-order valence-corrected chi connectivity index (χ2v) is 3.23. The van der Waals surface area contributed by atoms with Gasteiger partial charge in [0, 0.05) is 12.3 Å². The summed E-state index contributed by atoms with van der Waals surface area (Å²) < 4.78 is 5.32. The largest absolute Gasteiger partial charge is 0.478 e. The first-order valence-electron chi connectivity index (χ1n) is 4.88. The first kappa shape index (κ1) is 11.9. The SMILES string of the molecule is C=C(C=O)CCCOc1ccc(C#N)cn1. The van der Waals surface area contributed by atoms with Gasteiger partial charge in [0.25, 0.3) is 0 Å². The maximum absolute atomic E-state index is 10.3. The van der Waals surface area contributed by atoms with Gasteiger partial charge in [-0.15, -0.1) is 0 Å². The van der Waals surface area contributed by atoms with Crippen LogP contribution in [0.2, 0.25) is 0 Å². The summed E-state index contributed by atoms with van der Waals surface area (Å²) in [5.41, 5.74) is 1.07. The Kier molecular flexibility index (Phi) is 4.74. The highest BCUT2D eigenvalue weighted by Gasteiger charge is 1.97. The molecule has 0 aliphatic heterocycles. The summed E-state index contributed by atoms with van der Waals surface area (Å²) in [5.74, 6) is 0.482. The molecular formula is C12H12N2O2. The minimum atomic E-state index is 0.478. The number of nitriles is 1. The van der Waals surface area contributed by atoms with Gasteiger partial charge in [0.1, 0.15) is 12.4 Å². The van der Waals surface area contributed by atoms with Crippen LogP contribution < -0.4 is 4.74 Å². The molecule has 16 heavy (non-hydrogen) atoms. The quantitative estimate of drug-likeness (QED) is 0.413. The molecule has 0 radical (unpaired) electrons. The van der Waals surface area contributed by atoms with E-state index in [9.17, 15) is 4.79 Å². The van der Waals surface area contributed by atoms with Crippen molar-refractivity contribution in [2.45, 2.75) is 12.8 Å². The summed E-state index contributed by atoms with van der Waals surface area (Å²) in [4.78, 5) is 14.2. The van der Waals surface area contributed by atoms with E-state index in [2.05, 4.69) is 11.6 Å². The second kappa shape index (κ2) is 6.36. The molecule has 0 N–H and O–H groups in total. The summed E-state index contributed by atoms with van der Waals surface area (Å²) in [6.45, 7) is 4.04. The third kappa shape index (κ3) is 3.93. The van der Waals surface area contributed by atoms with Crippen LogP contribution >= 0.6 is 0 Å². The monoisotopic (exact) mass is 216 g/mol. The number of hydrogen-bond acceptors (Lipinski definition) is 4. The van der Waals surface area contributed by atoms with Gasteiger partial charge in [-0.25, -0.2) is 4.98 Å². The summed E-state index contributed by atoms with van der Waals surface area (Å²) >= 11 is 0. The Morgan fingerprint density at radius 1 is 1.62 bits per heavy atom. The lowest BCUT2D eigenvalue weighted by molar-refractivity contribution is -0.105. The zero-order chi connectivity index (χ0) is 11.8. The standard InChI is InChI=1S/C12H12N2O2/c1-10(9-15)3-2-6-16-12-5-4-11(7-13)8-14-12/h4-5,8-9H,1-3,6H2. The van der Waals surface area contributed by atoms with Crippen molar-refractivity contribution in [1.82, 2.24) is 4.98 Å². The van der Waals surface area contributed by atoms with Crippen LogP contribution in [0.1, 0.15) is 18.4 Å². The molecule has 0 unspecified atom stereocenters. The zero-order valence-electron chi connectivity index (χ0n) is 8.85. The first-order valence-corrected chi connectivity index (χ1v) is 4.88. The maximum Gasteiger partial charge on any atom is 0.213 e. The van der Waals surface area contributed by atoms with E-state index in [0.717, 1.165) is 12.7 Å². The summed E-state index contributed by atoms with van der Waals surface area (Å²) in [6.07, 6.45) is 3.55. The van der Waals surface area contributed by atoms with Gasteiger partial charge in [-0.1, -0.05) is 6.58 Å². The number of ether oxygens (including phenoxy) is 1. The van der Waals surface area contributed by atoms with Gasteiger partial charge in [-0.05, 0) is 24.5 Å². The Morgan fingerprint density at radius 2 is 2.44 bits per heavy atom. The lowest BCUT2D eigenvalue weighted by Gasteiger charge is -2.04. The fraction of sp³-hybridized carbons (Fsp3) is 0.250. The first-order chi connectivity index (χ1) is 7.76. The third-order valence-corrected chi connectivity index (χ3v) is 1.92. The molecule has 0 spiro atoms. The van der Waals surface area contributed by atoms with Crippen LogP contribution in [0.15, 0.2) is 30.5 Å². The summed E-state index contributed by atoms with van der Waals surface area (Å²) in [5, 5.41) is 8.56. The number of aldehydes is 1. The predicted octanol–water partition coefficient (Wildman–Crippen LogP) is 1.87. The van der Waals surface area contributed by atoms with Crippen LogP contribution in [0.4, 0.5) is 0 Å². The van der Waals surface area contributed by atoms with Crippen LogP contribution in [0.3, 0.4) is 0 Å². The van der Waals surface area contributed by atoms with Crippen molar-refractivity contribution in [3.05, 3.63) is 36.0 Å². The van der Waals surface area contributed by atoms with Gasteiger partial charge >= 0.3 is 0 Å². The molecular weight excluding hydrogens is 204 g/mol. The number of carbonyl (C=O) groups is 1. The van der Waals surface area contributed by atoms with Crippen LogP contribution in [-0.2, 0) is 4.79 Å². The Bertz CT molecular complexity index is 404. The average molecular weight is 216 g/mol. The van der Waals surface area contributed by atoms with Crippen LogP contribution in [0, 0.1) is 11.3 Å². The number of nitrogens with zero attached hydrogens (tertiary/aromatic N) is 2. The van der Waals surface area contributed by atoms with E-state index in [1.165, 1.54) is 6.20 Å². The Morgan fingerprint density at radius 3 is 3.00 bits per heavy atom. The molecule has 0 atom stereocenters. The highest BCUT2D eigenvalue weighted by molar-refractivity contribution is 5.71. The molecule has 4 heteroatoms. The molecule has 1 aromatic heterocycles. The number of carbonyl (C=O) groups excluding carboxylic acids is 1. The predicted molar refractivity (Wildman–Crippen MR) is 58.9 cm³/mol. The van der Waals surface area contributed by atoms with E-state index in [0.29, 0.717) is 30.0 Å². The molecule has 0 fully saturated rings. The Balaban J connectivity index is 2.30. The lowest BCUT2D eigenvalue weighted by atomic mass is 10.2. The van der Waals surface area contributed by atoms with Crippen molar-refractivity contribution >= 4 is 6.29 Å². The van der Waals surface area contributed by atoms with Gasteiger partial charge in [0.15, 0.2) is 0 Å². The van der Waals surface area contributed by atoms with Crippen molar-refractivity contribution in [2.24, 2.45) is 0 Å². The van der Waals surface area contributed by atoms with Gasteiger partial charge < -0.3 is 4.74 Å². The highest BCUT2D eigenvalue weighted by Crippen LogP contribution is 2.08. The molecule has 0 aliphatic rings. The molecule has 0 aliphatic carbocycles. The van der Waals surface area contributed by atoms with Gasteiger partial charge in [0.05, 0.1) is 12.2 Å². The van der Waals surface area contributed by atoms with Gasteiger partial charge in [0.2, 0.25) is 5.88 Å². The third-order valence-electron chi connectivity index (χ3n) is 1.92. The molecule has 1 rings (SSSR count). The van der Waals surface area contributed by atoms with E-state index in [4.69, 9.17) is 10.00 Å². The number of pyridine rings is 1. The smallest absolute Gasteiger partial charge is 0.213 e. The zero-order valence-corrected chi connectivity index (χ0v) is 8.85. The lowest BCUT2D eigenvalue weighted by Crippen LogP contribution is -1.99. The molecule has 82 valence electrons. The van der Waals surface area contributed by atoms with Crippen LogP contribution in [-0.4, -0.2) is 17.9 Å². The van der Waals surface area contributed by atoms with Gasteiger partial charge in [-0.3, -0.25) is 4.79 Å². The van der Waals surface area contributed by atoms with Crippen molar-refractivity contribution in [1.29, 1.82) is 5.26 Å². The molecule has 4 nitrogen and oxygen atoms in total. The van der Waals surface area contributed by atoms with Crippen LogP contribution in [0.5, 0.6) is 5.88 Å². The minimum absolute atomic E-state index is 0.478. The van der Waals surface area contributed by atoms with Crippen molar-refractivity contribution in [2.75, 3.05) is 6.61 Å². The molecule has 0 saturated carbocycles. The highest BCUT2D eigenvalue weighted by atomic mass is 16.5. The van der Waals surface area contributed by atoms with E-state index in [-0.39, 0.29) is 0 Å². The van der Waals surface area contributed by atoms with E-state index >= 15 is 0 Å². The molecule has 0 amide bonds. The second-order valence-electron chi connectivity index (χ2n) is 3.23. The fourth-order valence-corrected chi connectivity index (χ4v) is 1.07. The maximum atomic E-state index is 10.3. The minimum Gasteiger partial charge on any atom is -0.478 e.